The second-order valence-corrected chi connectivity index (χ2v) is 14.8. The third kappa shape index (κ3) is 22.4. The second kappa shape index (κ2) is 31.0. The van der Waals surface area contributed by atoms with E-state index >= 15 is 0 Å². The highest BCUT2D eigenvalue weighted by molar-refractivity contribution is 5.80. The summed E-state index contributed by atoms with van der Waals surface area (Å²) in [6.07, 6.45) is 22.0. The molecule has 0 aromatic rings. The molecule has 0 radical (unpaired) electrons. The molecule has 10 nitrogen and oxygen atoms in total. The molecular weight excluding hydrogens is 650 g/mol. The number of aliphatic hydroxyl groups is 6. The SMILES string of the molecule is CCCCCCCCCCCCCCC(O)C(=O)NC(COC1OC(CO)C(O)C(O)C1O)C(O)/C=C\CC/C=C(\C)CCCCCCCCC. The van der Waals surface area contributed by atoms with Gasteiger partial charge in [0.05, 0.1) is 25.4 Å². The maximum absolute atomic E-state index is 13.0. The summed E-state index contributed by atoms with van der Waals surface area (Å²) in [6, 6.07) is -0.993. The fourth-order valence-electron chi connectivity index (χ4n) is 6.48. The maximum Gasteiger partial charge on any atom is 0.249 e. The lowest BCUT2D eigenvalue weighted by molar-refractivity contribution is -0.302. The average Bonchev–Trinajstić information content (AvgIpc) is 3.12. The minimum atomic E-state index is -1.61. The van der Waals surface area contributed by atoms with Crippen LogP contribution in [0.15, 0.2) is 23.8 Å². The molecule has 0 aliphatic carbocycles. The van der Waals surface area contributed by atoms with Gasteiger partial charge in [-0.1, -0.05) is 153 Å². The zero-order valence-electron chi connectivity index (χ0n) is 32.4. The Balaban J connectivity index is 2.59. The standard InChI is InChI=1S/C41H77NO9/c1-4-6-8-10-12-13-14-15-16-18-20-24-29-35(45)40(49)42-33(31-50-41-39(48)38(47)37(46)36(30-43)51-41)34(44)28-25-21-23-27-32(3)26-22-19-17-11-9-7-5-2/h25,27-28,33-39,41,43-48H,4-24,26,29-31H2,1-3H3,(H,42,49)/b28-25-,32-27+. The molecular formula is C41H77NO9. The van der Waals surface area contributed by atoms with E-state index in [1.165, 1.54) is 102 Å². The summed E-state index contributed by atoms with van der Waals surface area (Å²) in [5.74, 6) is -0.628. The van der Waals surface area contributed by atoms with Gasteiger partial charge in [0.2, 0.25) is 5.91 Å². The van der Waals surface area contributed by atoms with Gasteiger partial charge in [-0.25, -0.2) is 0 Å². The first kappa shape index (κ1) is 47.7. The zero-order chi connectivity index (χ0) is 37.7. The Hall–Kier alpha value is -1.37. The molecule has 1 amide bonds. The third-order valence-electron chi connectivity index (χ3n) is 10.00. The van der Waals surface area contributed by atoms with Crippen molar-refractivity contribution in [3.05, 3.63) is 23.8 Å². The molecule has 0 saturated carbocycles. The number of carbonyl (C=O) groups excluding carboxylic acids is 1. The molecule has 1 aliphatic rings. The van der Waals surface area contributed by atoms with Gasteiger partial charge < -0.3 is 45.4 Å². The van der Waals surface area contributed by atoms with Crippen LogP contribution in [-0.4, -0.2) is 98.7 Å². The number of hydrogen-bond donors (Lipinski definition) is 7. The van der Waals surface area contributed by atoms with Crippen LogP contribution in [0.4, 0.5) is 0 Å². The van der Waals surface area contributed by atoms with E-state index < -0.39 is 61.5 Å². The summed E-state index contributed by atoms with van der Waals surface area (Å²) in [6.45, 7) is 5.70. The van der Waals surface area contributed by atoms with Gasteiger partial charge in [0.15, 0.2) is 6.29 Å². The second-order valence-electron chi connectivity index (χ2n) is 14.8. The topological polar surface area (TPSA) is 169 Å². The van der Waals surface area contributed by atoms with E-state index in [4.69, 9.17) is 9.47 Å². The van der Waals surface area contributed by atoms with Crippen molar-refractivity contribution in [1.82, 2.24) is 5.32 Å². The van der Waals surface area contributed by atoms with Gasteiger partial charge in [0.25, 0.3) is 0 Å². The molecule has 0 aromatic heterocycles. The van der Waals surface area contributed by atoms with Crippen molar-refractivity contribution < 1.29 is 44.9 Å². The van der Waals surface area contributed by atoms with Gasteiger partial charge in [0, 0.05) is 0 Å². The minimum Gasteiger partial charge on any atom is -0.394 e. The lowest BCUT2D eigenvalue weighted by Gasteiger charge is -2.40. The summed E-state index contributed by atoms with van der Waals surface area (Å²) in [5, 5.41) is 64.5. The number of allylic oxidation sites excluding steroid dienone is 3. The predicted octanol–water partition coefficient (Wildman–Crippen LogP) is 6.52. The predicted molar refractivity (Wildman–Crippen MR) is 204 cm³/mol. The minimum absolute atomic E-state index is 0.306. The van der Waals surface area contributed by atoms with Crippen molar-refractivity contribution >= 4 is 5.91 Å². The van der Waals surface area contributed by atoms with Crippen molar-refractivity contribution in [2.45, 2.75) is 217 Å². The average molecular weight is 728 g/mol. The Bertz CT molecular complexity index is 898. The summed E-state index contributed by atoms with van der Waals surface area (Å²) >= 11 is 0. The van der Waals surface area contributed by atoms with Crippen LogP contribution in [0.1, 0.15) is 168 Å². The Morgan fingerprint density at radius 1 is 0.745 bits per heavy atom. The molecule has 1 saturated heterocycles. The largest absolute Gasteiger partial charge is 0.394 e. The van der Waals surface area contributed by atoms with Crippen molar-refractivity contribution in [2.75, 3.05) is 13.2 Å². The first-order chi connectivity index (χ1) is 24.7. The van der Waals surface area contributed by atoms with Crippen LogP contribution in [0.5, 0.6) is 0 Å². The van der Waals surface area contributed by atoms with Crippen molar-refractivity contribution in [1.29, 1.82) is 0 Å². The highest BCUT2D eigenvalue weighted by Crippen LogP contribution is 2.22. The van der Waals surface area contributed by atoms with Crippen LogP contribution >= 0.6 is 0 Å². The normalized spacial score (nSPS) is 23.1. The third-order valence-corrected chi connectivity index (χ3v) is 10.00. The van der Waals surface area contributed by atoms with E-state index in [0.29, 0.717) is 19.3 Å². The van der Waals surface area contributed by atoms with Gasteiger partial charge in [-0.3, -0.25) is 4.79 Å². The van der Waals surface area contributed by atoms with E-state index in [1.807, 2.05) is 6.08 Å². The number of carbonyl (C=O) groups is 1. The molecule has 8 atom stereocenters. The van der Waals surface area contributed by atoms with Crippen LogP contribution in [0.2, 0.25) is 0 Å². The Kier molecular flexibility index (Phi) is 29.0. The summed E-state index contributed by atoms with van der Waals surface area (Å²) in [7, 11) is 0. The summed E-state index contributed by atoms with van der Waals surface area (Å²) < 4.78 is 11.1. The Morgan fingerprint density at radius 2 is 1.27 bits per heavy atom. The number of nitrogens with one attached hydrogen (secondary N) is 1. The van der Waals surface area contributed by atoms with Crippen LogP contribution in [0.3, 0.4) is 0 Å². The molecule has 0 spiro atoms. The van der Waals surface area contributed by atoms with Gasteiger partial charge in [-0.2, -0.15) is 0 Å². The van der Waals surface area contributed by atoms with E-state index in [0.717, 1.165) is 32.1 Å². The van der Waals surface area contributed by atoms with E-state index in [1.54, 1.807) is 6.08 Å². The van der Waals surface area contributed by atoms with E-state index in [2.05, 4.69) is 32.2 Å². The van der Waals surface area contributed by atoms with Crippen LogP contribution in [0, 0.1) is 0 Å². The van der Waals surface area contributed by atoms with Crippen molar-refractivity contribution in [3.63, 3.8) is 0 Å². The van der Waals surface area contributed by atoms with Gasteiger partial charge in [-0.05, 0) is 39.0 Å². The Morgan fingerprint density at radius 3 is 1.82 bits per heavy atom. The first-order valence-corrected chi connectivity index (χ1v) is 20.6. The maximum atomic E-state index is 13.0. The number of amides is 1. The van der Waals surface area contributed by atoms with Gasteiger partial charge in [-0.15, -0.1) is 0 Å². The highest BCUT2D eigenvalue weighted by atomic mass is 16.7. The molecule has 51 heavy (non-hydrogen) atoms. The summed E-state index contributed by atoms with van der Waals surface area (Å²) in [5.41, 5.74) is 1.36. The molecule has 0 bridgehead atoms. The van der Waals surface area contributed by atoms with Gasteiger partial charge in [0.1, 0.15) is 30.5 Å². The first-order valence-electron chi connectivity index (χ1n) is 20.6. The van der Waals surface area contributed by atoms with Gasteiger partial charge >= 0.3 is 0 Å². The number of hydrogen-bond acceptors (Lipinski definition) is 9. The molecule has 0 aromatic carbocycles. The van der Waals surface area contributed by atoms with Crippen LogP contribution < -0.4 is 5.32 Å². The summed E-state index contributed by atoms with van der Waals surface area (Å²) in [4.78, 5) is 13.0. The molecule has 7 N–H and O–H groups in total. The fourth-order valence-corrected chi connectivity index (χ4v) is 6.48. The van der Waals surface area contributed by atoms with Crippen LogP contribution in [0.25, 0.3) is 0 Å². The quantitative estimate of drug-likeness (QED) is 0.0301. The number of rotatable bonds is 32. The highest BCUT2D eigenvalue weighted by Gasteiger charge is 2.44. The molecule has 1 fully saturated rings. The molecule has 1 rings (SSSR count). The van der Waals surface area contributed by atoms with Crippen molar-refractivity contribution in [3.8, 4) is 0 Å². The molecule has 1 aliphatic heterocycles. The molecule has 10 heteroatoms. The number of aliphatic hydroxyl groups excluding tert-OH is 6. The van der Waals surface area contributed by atoms with E-state index in [-0.39, 0.29) is 6.61 Å². The molecule has 8 unspecified atom stereocenters. The van der Waals surface area contributed by atoms with Crippen LogP contribution in [-0.2, 0) is 14.3 Å². The molecule has 300 valence electrons. The lowest BCUT2D eigenvalue weighted by atomic mass is 9.99. The monoisotopic (exact) mass is 728 g/mol. The molecule has 1 heterocycles. The van der Waals surface area contributed by atoms with Crippen molar-refractivity contribution in [2.24, 2.45) is 0 Å². The van der Waals surface area contributed by atoms with E-state index in [9.17, 15) is 35.4 Å². The fraction of sp³-hybridized carbons (Fsp3) is 0.878. The smallest absolute Gasteiger partial charge is 0.249 e. The Labute approximate surface area is 310 Å². The zero-order valence-corrected chi connectivity index (χ0v) is 32.4. The lowest BCUT2D eigenvalue weighted by Crippen LogP contribution is -2.60. The number of ether oxygens (including phenoxy) is 2. The number of unbranched alkanes of at least 4 members (excludes halogenated alkanes) is 18.